The smallest absolute Gasteiger partial charge is 0.258 e. The highest BCUT2D eigenvalue weighted by Gasteiger charge is 2.34. The van der Waals surface area contributed by atoms with E-state index in [2.05, 4.69) is 20.8 Å². The van der Waals surface area contributed by atoms with E-state index in [9.17, 15) is 9.59 Å². The summed E-state index contributed by atoms with van der Waals surface area (Å²) < 4.78 is 0. The molecule has 2 N–H and O–H groups in total. The maximum atomic E-state index is 13.1. The second-order valence-electron chi connectivity index (χ2n) is 6.11. The Morgan fingerprint density at radius 2 is 1.89 bits per heavy atom. The van der Waals surface area contributed by atoms with Gasteiger partial charge in [0, 0.05) is 5.69 Å². The largest absolute Gasteiger partial charge is 0.361 e. The minimum absolute atomic E-state index is 0.0989. The molecule has 7 nitrogen and oxygen atoms in total. The van der Waals surface area contributed by atoms with Gasteiger partial charge in [0.25, 0.3) is 5.91 Å². The van der Waals surface area contributed by atoms with Crippen LogP contribution in [0.25, 0.3) is 0 Å². The van der Waals surface area contributed by atoms with E-state index in [1.165, 1.54) is 16.2 Å². The van der Waals surface area contributed by atoms with Crippen molar-refractivity contribution in [1.29, 1.82) is 0 Å². The van der Waals surface area contributed by atoms with Crippen LogP contribution in [0.15, 0.2) is 54.6 Å². The van der Waals surface area contributed by atoms with E-state index in [0.717, 1.165) is 16.3 Å². The molecule has 0 radical (unpaired) electrons. The summed E-state index contributed by atoms with van der Waals surface area (Å²) in [6, 6.07) is 16.9. The van der Waals surface area contributed by atoms with Crippen LogP contribution in [0.3, 0.4) is 0 Å². The first-order valence-electron chi connectivity index (χ1n) is 8.43. The third-order valence-corrected chi connectivity index (χ3v) is 4.98. The predicted molar refractivity (Wildman–Crippen MR) is 104 cm³/mol. The van der Waals surface area contributed by atoms with Gasteiger partial charge in [-0.3, -0.25) is 14.9 Å². The van der Waals surface area contributed by atoms with Gasteiger partial charge in [0.2, 0.25) is 11.0 Å². The maximum absolute atomic E-state index is 13.1. The van der Waals surface area contributed by atoms with Crippen molar-refractivity contribution in [3.05, 3.63) is 70.7 Å². The Morgan fingerprint density at radius 3 is 2.63 bits per heavy atom. The first kappa shape index (κ1) is 17.2. The Balaban J connectivity index is 1.62. The fourth-order valence-corrected chi connectivity index (χ4v) is 3.62. The Hall–Kier alpha value is -3.26. The number of nitrogens with one attached hydrogen (secondary N) is 2. The SMILES string of the molecule is Cc1nnc(NC(=O)CN2C(=O)c3ccccc3N[C@H]2c2ccccc2)s1. The van der Waals surface area contributed by atoms with Crippen LogP contribution in [-0.2, 0) is 4.79 Å². The molecule has 8 heteroatoms. The van der Waals surface area contributed by atoms with Crippen molar-refractivity contribution in [2.45, 2.75) is 13.1 Å². The van der Waals surface area contributed by atoms with Gasteiger partial charge in [0.05, 0.1) is 5.56 Å². The van der Waals surface area contributed by atoms with Crippen LogP contribution in [-0.4, -0.2) is 33.5 Å². The second-order valence-corrected chi connectivity index (χ2v) is 7.29. The van der Waals surface area contributed by atoms with Crippen molar-refractivity contribution in [3.63, 3.8) is 0 Å². The van der Waals surface area contributed by atoms with Crippen molar-refractivity contribution in [2.75, 3.05) is 17.2 Å². The molecule has 2 heterocycles. The molecule has 1 aliphatic heterocycles. The van der Waals surface area contributed by atoms with E-state index >= 15 is 0 Å². The van der Waals surface area contributed by atoms with Crippen molar-refractivity contribution in [2.24, 2.45) is 0 Å². The molecule has 1 aliphatic rings. The van der Waals surface area contributed by atoms with Gasteiger partial charge in [-0.25, -0.2) is 0 Å². The van der Waals surface area contributed by atoms with E-state index in [1.807, 2.05) is 55.5 Å². The molecule has 0 bridgehead atoms. The van der Waals surface area contributed by atoms with Crippen molar-refractivity contribution >= 4 is 34.0 Å². The standard InChI is InChI=1S/C19H17N5O2S/c1-12-22-23-19(27-12)21-16(25)11-24-17(13-7-3-2-4-8-13)20-15-10-6-5-9-14(15)18(24)26/h2-10,17,20H,11H2,1H3,(H,21,23,25)/t17-/m1/s1. The summed E-state index contributed by atoms with van der Waals surface area (Å²) in [5, 5.41) is 15.0. The number of benzene rings is 2. The number of hydrogen-bond donors (Lipinski definition) is 2. The lowest BCUT2D eigenvalue weighted by Gasteiger charge is -2.37. The van der Waals surface area contributed by atoms with E-state index in [-0.39, 0.29) is 18.4 Å². The molecule has 136 valence electrons. The molecule has 3 aromatic rings. The number of rotatable bonds is 4. The topological polar surface area (TPSA) is 87.2 Å². The third-order valence-electron chi connectivity index (χ3n) is 4.22. The summed E-state index contributed by atoms with van der Waals surface area (Å²) in [6.07, 6.45) is -0.435. The molecule has 0 saturated carbocycles. The summed E-state index contributed by atoms with van der Waals surface area (Å²) in [4.78, 5) is 27.1. The highest BCUT2D eigenvalue weighted by Crippen LogP contribution is 2.32. The molecule has 27 heavy (non-hydrogen) atoms. The van der Waals surface area contributed by atoms with Crippen molar-refractivity contribution in [1.82, 2.24) is 15.1 Å². The molecule has 0 aliphatic carbocycles. The fourth-order valence-electron chi connectivity index (χ4n) is 3.01. The first-order chi connectivity index (χ1) is 13.1. The molecule has 1 aromatic heterocycles. The average molecular weight is 379 g/mol. The highest BCUT2D eigenvalue weighted by atomic mass is 32.1. The molecule has 2 aromatic carbocycles. The second kappa shape index (κ2) is 7.16. The summed E-state index contributed by atoms with van der Waals surface area (Å²) in [5.74, 6) is -0.511. The number of nitrogens with zero attached hydrogens (tertiary/aromatic N) is 3. The number of aromatic nitrogens is 2. The zero-order valence-corrected chi connectivity index (χ0v) is 15.4. The normalized spacial score (nSPS) is 15.8. The van der Waals surface area contributed by atoms with Crippen molar-refractivity contribution in [3.8, 4) is 0 Å². The Kier molecular flexibility index (Phi) is 4.55. The predicted octanol–water partition coefficient (Wildman–Crippen LogP) is 3.05. The van der Waals surface area contributed by atoms with Gasteiger partial charge in [-0.15, -0.1) is 10.2 Å². The zero-order chi connectivity index (χ0) is 18.8. The molecule has 0 spiro atoms. The van der Waals surface area contributed by atoms with Crippen LogP contribution < -0.4 is 10.6 Å². The number of hydrogen-bond acceptors (Lipinski definition) is 6. The Morgan fingerprint density at radius 1 is 1.15 bits per heavy atom. The average Bonchev–Trinajstić information content (AvgIpc) is 3.09. The molecule has 0 fully saturated rings. The molecule has 4 rings (SSSR count). The van der Waals surface area contributed by atoms with E-state index in [1.54, 1.807) is 6.07 Å². The van der Waals surface area contributed by atoms with Crippen LogP contribution in [0.5, 0.6) is 0 Å². The number of para-hydroxylation sites is 1. The first-order valence-corrected chi connectivity index (χ1v) is 9.25. The van der Waals surface area contributed by atoms with E-state index in [4.69, 9.17) is 0 Å². The van der Waals surface area contributed by atoms with Gasteiger partial charge in [0.1, 0.15) is 17.7 Å². The van der Waals surface area contributed by atoms with Gasteiger partial charge in [-0.1, -0.05) is 53.8 Å². The highest BCUT2D eigenvalue weighted by molar-refractivity contribution is 7.15. The monoisotopic (exact) mass is 379 g/mol. The van der Waals surface area contributed by atoms with E-state index < -0.39 is 6.17 Å². The van der Waals surface area contributed by atoms with Crippen molar-refractivity contribution < 1.29 is 9.59 Å². The van der Waals surface area contributed by atoms with Crippen LogP contribution >= 0.6 is 11.3 Å². The minimum atomic E-state index is -0.435. The van der Waals surface area contributed by atoms with E-state index in [0.29, 0.717) is 10.7 Å². The molecular formula is C19H17N5O2S. The molecule has 1 atom stereocenters. The van der Waals surface area contributed by atoms with Gasteiger partial charge in [-0.05, 0) is 24.6 Å². The number of amides is 2. The lowest BCUT2D eigenvalue weighted by atomic mass is 10.0. The molecule has 0 unspecified atom stereocenters. The van der Waals surface area contributed by atoms with Crippen LogP contribution in [0.1, 0.15) is 27.1 Å². The summed E-state index contributed by atoms with van der Waals surface area (Å²) in [6.45, 7) is 1.71. The number of anilines is 2. The summed E-state index contributed by atoms with van der Waals surface area (Å²) in [5.41, 5.74) is 2.21. The lowest BCUT2D eigenvalue weighted by molar-refractivity contribution is -0.117. The molecular weight excluding hydrogens is 362 g/mol. The van der Waals surface area contributed by atoms with Crippen LogP contribution in [0.4, 0.5) is 10.8 Å². The molecule has 2 amide bonds. The fraction of sp³-hybridized carbons (Fsp3) is 0.158. The quantitative estimate of drug-likeness (QED) is 0.727. The van der Waals surface area contributed by atoms with Gasteiger partial charge in [-0.2, -0.15) is 0 Å². The number of aryl methyl sites for hydroxylation is 1. The third kappa shape index (κ3) is 3.52. The minimum Gasteiger partial charge on any atom is -0.361 e. The van der Waals surface area contributed by atoms with Crippen LogP contribution in [0, 0.1) is 6.92 Å². The lowest BCUT2D eigenvalue weighted by Crippen LogP contribution is -2.46. The number of carbonyl (C=O) groups is 2. The van der Waals surface area contributed by atoms with Crippen LogP contribution in [0.2, 0.25) is 0 Å². The van der Waals surface area contributed by atoms with Gasteiger partial charge >= 0.3 is 0 Å². The summed E-state index contributed by atoms with van der Waals surface area (Å²) in [7, 11) is 0. The zero-order valence-electron chi connectivity index (χ0n) is 14.5. The summed E-state index contributed by atoms with van der Waals surface area (Å²) >= 11 is 1.29. The Labute approximate surface area is 160 Å². The maximum Gasteiger partial charge on any atom is 0.258 e. The number of carbonyl (C=O) groups excluding carboxylic acids is 2. The number of fused-ring (bicyclic) bond motifs is 1. The van der Waals surface area contributed by atoms with Gasteiger partial charge in [0.15, 0.2) is 0 Å². The molecule has 0 saturated heterocycles. The Bertz CT molecular complexity index is 989. The van der Waals surface area contributed by atoms with Gasteiger partial charge < -0.3 is 10.2 Å².